The molecule has 0 aliphatic rings. The highest BCUT2D eigenvalue weighted by Gasteiger charge is 2.30. The predicted molar refractivity (Wildman–Crippen MR) is 91.4 cm³/mol. The van der Waals surface area contributed by atoms with Gasteiger partial charge < -0.3 is 10.6 Å². The zero-order valence-corrected chi connectivity index (χ0v) is 13.8. The summed E-state index contributed by atoms with van der Waals surface area (Å²) in [6.45, 7) is 2.09. The standard InChI is InChI=1S/C19H21F3N2O/c20-19(21,22)17-9-7-16(8-10-17)18(25)24-13-4-12-23-14-11-15-5-2-1-3-6-15/h1-3,5-10,23H,4,11-14H2,(H,24,25). The van der Waals surface area contributed by atoms with Crippen molar-refractivity contribution in [3.05, 3.63) is 71.3 Å². The second-order valence-corrected chi connectivity index (χ2v) is 5.67. The van der Waals surface area contributed by atoms with Crippen LogP contribution < -0.4 is 10.6 Å². The van der Waals surface area contributed by atoms with Crippen molar-refractivity contribution in [1.82, 2.24) is 10.6 Å². The third-order valence-electron chi connectivity index (χ3n) is 3.72. The largest absolute Gasteiger partial charge is 0.416 e. The van der Waals surface area contributed by atoms with E-state index in [4.69, 9.17) is 0 Å². The van der Waals surface area contributed by atoms with Gasteiger partial charge in [0.2, 0.25) is 0 Å². The molecule has 6 heteroatoms. The summed E-state index contributed by atoms with van der Waals surface area (Å²) in [5.74, 6) is -0.363. The molecule has 2 N–H and O–H groups in total. The second kappa shape index (κ2) is 9.22. The van der Waals surface area contributed by atoms with Gasteiger partial charge in [-0.1, -0.05) is 30.3 Å². The summed E-state index contributed by atoms with van der Waals surface area (Å²) in [6.07, 6.45) is -2.69. The fourth-order valence-corrected chi connectivity index (χ4v) is 2.33. The molecule has 0 bridgehead atoms. The van der Waals surface area contributed by atoms with Crippen LogP contribution in [0.3, 0.4) is 0 Å². The number of halogens is 3. The fraction of sp³-hybridized carbons (Fsp3) is 0.316. The Labute approximate surface area is 145 Å². The second-order valence-electron chi connectivity index (χ2n) is 5.67. The van der Waals surface area contributed by atoms with Crippen molar-refractivity contribution < 1.29 is 18.0 Å². The lowest BCUT2D eigenvalue weighted by Crippen LogP contribution is -2.28. The molecular formula is C19H21F3N2O. The van der Waals surface area contributed by atoms with Crippen molar-refractivity contribution >= 4 is 5.91 Å². The molecule has 0 aliphatic heterocycles. The minimum atomic E-state index is -4.39. The van der Waals surface area contributed by atoms with E-state index in [1.165, 1.54) is 17.7 Å². The molecular weight excluding hydrogens is 329 g/mol. The molecule has 134 valence electrons. The Bertz CT molecular complexity index is 655. The summed E-state index contributed by atoms with van der Waals surface area (Å²) in [6, 6.07) is 14.4. The van der Waals surface area contributed by atoms with Crippen LogP contribution >= 0.6 is 0 Å². The summed E-state index contributed by atoms with van der Waals surface area (Å²) in [4.78, 5) is 11.9. The van der Waals surface area contributed by atoms with Gasteiger partial charge in [0.05, 0.1) is 5.56 Å². The number of nitrogens with one attached hydrogen (secondary N) is 2. The Hall–Kier alpha value is -2.34. The van der Waals surface area contributed by atoms with Crippen LogP contribution in [0.15, 0.2) is 54.6 Å². The van der Waals surface area contributed by atoms with E-state index in [1.807, 2.05) is 18.2 Å². The molecule has 1 amide bonds. The minimum absolute atomic E-state index is 0.227. The van der Waals surface area contributed by atoms with Gasteiger partial charge in [0.15, 0.2) is 0 Å². The molecule has 0 atom stereocenters. The first-order valence-electron chi connectivity index (χ1n) is 8.17. The highest BCUT2D eigenvalue weighted by atomic mass is 19.4. The number of carbonyl (C=O) groups excluding carboxylic acids is 1. The van der Waals surface area contributed by atoms with Crippen LogP contribution in [-0.4, -0.2) is 25.5 Å². The van der Waals surface area contributed by atoms with E-state index in [-0.39, 0.29) is 11.5 Å². The predicted octanol–water partition coefficient (Wildman–Crippen LogP) is 3.66. The first-order valence-corrected chi connectivity index (χ1v) is 8.17. The molecule has 0 unspecified atom stereocenters. The average molecular weight is 350 g/mol. The maximum absolute atomic E-state index is 12.5. The summed E-state index contributed by atoms with van der Waals surface area (Å²) >= 11 is 0. The van der Waals surface area contributed by atoms with Crippen LogP contribution in [0.25, 0.3) is 0 Å². The van der Waals surface area contributed by atoms with Gasteiger partial charge in [-0.2, -0.15) is 13.2 Å². The first kappa shape index (κ1) is 19.0. The van der Waals surface area contributed by atoms with Gasteiger partial charge in [-0.3, -0.25) is 4.79 Å². The summed E-state index contributed by atoms with van der Waals surface area (Å²) in [7, 11) is 0. The fourth-order valence-electron chi connectivity index (χ4n) is 2.33. The molecule has 0 fully saturated rings. The molecule has 0 radical (unpaired) electrons. The van der Waals surface area contributed by atoms with Gasteiger partial charge in [0, 0.05) is 12.1 Å². The quantitative estimate of drug-likeness (QED) is 0.714. The Kier molecular flexibility index (Phi) is 7.01. The van der Waals surface area contributed by atoms with Crippen molar-refractivity contribution in [3.8, 4) is 0 Å². The molecule has 0 heterocycles. The summed E-state index contributed by atoms with van der Waals surface area (Å²) < 4.78 is 37.4. The summed E-state index contributed by atoms with van der Waals surface area (Å²) in [5.41, 5.74) is 0.738. The molecule has 2 aromatic rings. The Morgan fingerprint density at radius 2 is 1.56 bits per heavy atom. The smallest absolute Gasteiger partial charge is 0.352 e. The zero-order chi connectivity index (χ0) is 18.1. The third-order valence-corrected chi connectivity index (χ3v) is 3.72. The molecule has 0 saturated carbocycles. The monoisotopic (exact) mass is 350 g/mol. The van der Waals surface area contributed by atoms with E-state index in [2.05, 4.69) is 22.8 Å². The van der Waals surface area contributed by atoms with Crippen LogP contribution in [-0.2, 0) is 12.6 Å². The number of alkyl halides is 3. The van der Waals surface area contributed by atoms with Gasteiger partial charge in [-0.25, -0.2) is 0 Å². The number of hydrogen-bond donors (Lipinski definition) is 2. The lowest BCUT2D eigenvalue weighted by atomic mass is 10.1. The molecule has 0 aromatic heterocycles. The third kappa shape index (κ3) is 6.58. The van der Waals surface area contributed by atoms with Crippen molar-refractivity contribution in [2.24, 2.45) is 0 Å². The SMILES string of the molecule is O=C(NCCCNCCc1ccccc1)c1ccc(C(F)(F)F)cc1. The number of benzene rings is 2. The van der Waals surface area contributed by atoms with Gasteiger partial charge in [0.1, 0.15) is 0 Å². The summed E-state index contributed by atoms with van der Waals surface area (Å²) in [5, 5.41) is 6.00. The maximum Gasteiger partial charge on any atom is 0.416 e. The average Bonchev–Trinajstić information content (AvgIpc) is 2.61. The minimum Gasteiger partial charge on any atom is -0.352 e. The molecule has 2 aromatic carbocycles. The maximum atomic E-state index is 12.5. The number of amides is 1. The van der Waals surface area contributed by atoms with Crippen molar-refractivity contribution in [2.75, 3.05) is 19.6 Å². The van der Waals surface area contributed by atoms with Crippen molar-refractivity contribution in [3.63, 3.8) is 0 Å². The highest BCUT2D eigenvalue weighted by molar-refractivity contribution is 5.94. The molecule has 3 nitrogen and oxygen atoms in total. The number of rotatable bonds is 8. The van der Waals surface area contributed by atoms with Crippen molar-refractivity contribution in [2.45, 2.75) is 19.0 Å². The van der Waals surface area contributed by atoms with E-state index >= 15 is 0 Å². The Morgan fingerprint density at radius 1 is 0.880 bits per heavy atom. The van der Waals surface area contributed by atoms with Crippen LogP contribution in [0.1, 0.15) is 27.9 Å². The van der Waals surface area contributed by atoms with E-state index < -0.39 is 11.7 Å². The lowest BCUT2D eigenvalue weighted by Gasteiger charge is -2.09. The van der Waals surface area contributed by atoms with E-state index in [0.29, 0.717) is 6.54 Å². The van der Waals surface area contributed by atoms with E-state index in [0.717, 1.165) is 38.1 Å². The van der Waals surface area contributed by atoms with Crippen LogP contribution in [0, 0.1) is 0 Å². The zero-order valence-electron chi connectivity index (χ0n) is 13.8. The molecule has 0 spiro atoms. The normalized spacial score (nSPS) is 11.3. The van der Waals surface area contributed by atoms with Gasteiger partial charge in [-0.05, 0) is 55.8 Å². The van der Waals surface area contributed by atoms with Crippen LogP contribution in [0.2, 0.25) is 0 Å². The molecule has 0 aliphatic carbocycles. The van der Waals surface area contributed by atoms with Gasteiger partial charge >= 0.3 is 6.18 Å². The highest BCUT2D eigenvalue weighted by Crippen LogP contribution is 2.29. The van der Waals surface area contributed by atoms with E-state index in [9.17, 15) is 18.0 Å². The van der Waals surface area contributed by atoms with Crippen molar-refractivity contribution in [1.29, 1.82) is 0 Å². The molecule has 25 heavy (non-hydrogen) atoms. The first-order chi connectivity index (χ1) is 12.0. The molecule has 2 rings (SSSR count). The van der Waals surface area contributed by atoms with E-state index in [1.54, 1.807) is 0 Å². The molecule has 0 saturated heterocycles. The van der Waals surface area contributed by atoms with Gasteiger partial charge in [0.25, 0.3) is 5.91 Å². The lowest BCUT2D eigenvalue weighted by molar-refractivity contribution is -0.137. The number of carbonyl (C=O) groups is 1. The Balaban J connectivity index is 1.60. The Morgan fingerprint density at radius 3 is 2.20 bits per heavy atom. The van der Waals surface area contributed by atoms with Gasteiger partial charge in [-0.15, -0.1) is 0 Å². The van der Waals surface area contributed by atoms with Crippen LogP contribution in [0.4, 0.5) is 13.2 Å². The number of hydrogen-bond acceptors (Lipinski definition) is 2. The van der Waals surface area contributed by atoms with Crippen LogP contribution in [0.5, 0.6) is 0 Å². The topological polar surface area (TPSA) is 41.1 Å².